The molecule has 2 heterocycles. The van der Waals surface area contributed by atoms with Crippen molar-refractivity contribution in [2.45, 2.75) is 13.5 Å². The number of carbonyl (C=O) groups is 1. The minimum absolute atomic E-state index is 0.296. The number of anilines is 1. The molecule has 2 N–H and O–H groups in total. The predicted molar refractivity (Wildman–Crippen MR) is 87.2 cm³/mol. The summed E-state index contributed by atoms with van der Waals surface area (Å²) in [6.07, 6.45) is 3.85. The molecule has 0 atom stereocenters. The topological polar surface area (TPSA) is 58.4 Å². The van der Waals surface area contributed by atoms with Crippen LogP contribution in [0.3, 0.4) is 0 Å². The highest BCUT2D eigenvalue weighted by Gasteiger charge is 2.05. The molecule has 6 heteroatoms. The number of aromatic nitrogens is 2. The maximum atomic E-state index is 11.9. The molecule has 0 bridgehead atoms. The lowest BCUT2D eigenvalue weighted by Gasteiger charge is -2.06. The van der Waals surface area contributed by atoms with Crippen molar-refractivity contribution in [3.05, 3.63) is 65.1 Å². The normalized spacial score (nSPS) is 10.6. The number of rotatable bonds is 3. The number of amides is 2. The fourth-order valence-corrected chi connectivity index (χ4v) is 2.32. The average molecular weight is 315 g/mol. The third kappa shape index (κ3) is 3.38. The van der Waals surface area contributed by atoms with Crippen LogP contribution in [-0.2, 0) is 6.54 Å². The van der Waals surface area contributed by atoms with Crippen molar-refractivity contribution in [2.75, 3.05) is 5.32 Å². The van der Waals surface area contributed by atoms with Gasteiger partial charge in [-0.05, 0) is 42.8 Å². The smallest absolute Gasteiger partial charge is 0.319 e. The summed E-state index contributed by atoms with van der Waals surface area (Å²) < 4.78 is 1.93. The second-order valence-electron chi connectivity index (χ2n) is 5.02. The molecule has 0 aliphatic rings. The van der Waals surface area contributed by atoms with Gasteiger partial charge in [-0.25, -0.2) is 9.78 Å². The molecule has 0 spiro atoms. The zero-order chi connectivity index (χ0) is 15.5. The van der Waals surface area contributed by atoms with Crippen LogP contribution in [0.25, 0.3) is 5.65 Å². The number of nitrogens with one attached hydrogen (secondary N) is 2. The van der Waals surface area contributed by atoms with E-state index in [4.69, 9.17) is 11.6 Å². The zero-order valence-electron chi connectivity index (χ0n) is 12.0. The molecule has 0 fully saturated rings. The van der Waals surface area contributed by atoms with Crippen LogP contribution >= 0.6 is 11.6 Å². The Bertz CT molecular complexity index is 828. The van der Waals surface area contributed by atoms with Gasteiger partial charge in [0.15, 0.2) is 0 Å². The maximum Gasteiger partial charge on any atom is 0.319 e. The number of imidazole rings is 1. The number of hydrogen-bond donors (Lipinski definition) is 2. The lowest BCUT2D eigenvalue weighted by atomic mass is 10.3. The minimum Gasteiger partial charge on any atom is -0.332 e. The van der Waals surface area contributed by atoms with Gasteiger partial charge >= 0.3 is 6.03 Å². The van der Waals surface area contributed by atoms with Crippen LogP contribution in [0.2, 0.25) is 5.02 Å². The van der Waals surface area contributed by atoms with Crippen molar-refractivity contribution < 1.29 is 4.79 Å². The maximum absolute atomic E-state index is 11.9. The lowest BCUT2D eigenvalue weighted by Crippen LogP contribution is -2.28. The Balaban J connectivity index is 1.62. The summed E-state index contributed by atoms with van der Waals surface area (Å²) in [7, 11) is 0. The summed E-state index contributed by atoms with van der Waals surface area (Å²) in [5.74, 6) is 0. The van der Waals surface area contributed by atoms with Crippen molar-refractivity contribution in [2.24, 2.45) is 0 Å². The number of hydrogen-bond acceptors (Lipinski definition) is 2. The fraction of sp³-hybridized carbons (Fsp3) is 0.125. The van der Waals surface area contributed by atoms with Crippen LogP contribution in [0.1, 0.15) is 11.3 Å². The van der Waals surface area contributed by atoms with E-state index < -0.39 is 0 Å². The fourth-order valence-electron chi connectivity index (χ4n) is 2.13. The molecular formula is C16H15ClN4O. The lowest BCUT2D eigenvalue weighted by molar-refractivity contribution is 0.251. The van der Waals surface area contributed by atoms with Crippen molar-refractivity contribution in [1.29, 1.82) is 0 Å². The van der Waals surface area contributed by atoms with Crippen LogP contribution in [0.4, 0.5) is 10.5 Å². The summed E-state index contributed by atoms with van der Waals surface area (Å²) in [6.45, 7) is 2.37. The van der Waals surface area contributed by atoms with E-state index in [-0.39, 0.29) is 6.03 Å². The van der Waals surface area contributed by atoms with Crippen LogP contribution in [0, 0.1) is 6.92 Å². The Kier molecular flexibility index (Phi) is 3.98. The summed E-state index contributed by atoms with van der Waals surface area (Å²) in [4.78, 5) is 16.3. The molecule has 1 aromatic carbocycles. The highest BCUT2D eigenvalue weighted by molar-refractivity contribution is 6.30. The molecule has 0 radical (unpaired) electrons. The van der Waals surface area contributed by atoms with Crippen molar-refractivity contribution in [3.63, 3.8) is 0 Å². The zero-order valence-corrected chi connectivity index (χ0v) is 12.8. The highest BCUT2D eigenvalue weighted by atomic mass is 35.5. The number of aryl methyl sites for hydroxylation is 1. The molecule has 22 heavy (non-hydrogen) atoms. The number of carbonyl (C=O) groups excluding carboxylic acids is 1. The van der Waals surface area contributed by atoms with E-state index in [1.165, 1.54) is 0 Å². The Morgan fingerprint density at radius 3 is 3.00 bits per heavy atom. The third-order valence-electron chi connectivity index (χ3n) is 3.18. The van der Waals surface area contributed by atoms with Crippen molar-refractivity contribution in [1.82, 2.24) is 14.7 Å². The Morgan fingerprint density at radius 1 is 1.32 bits per heavy atom. The molecule has 2 aromatic heterocycles. The van der Waals surface area contributed by atoms with E-state index in [0.29, 0.717) is 17.3 Å². The van der Waals surface area contributed by atoms with Crippen molar-refractivity contribution >= 4 is 29.0 Å². The van der Waals surface area contributed by atoms with Crippen LogP contribution in [0.5, 0.6) is 0 Å². The summed E-state index contributed by atoms with van der Waals surface area (Å²) in [6, 6.07) is 10.7. The Labute approximate surface area is 132 Å². The van der Waals surface area contributed by atoms with E-state index in [1.54, 1.807) is 24.3 Å². The first-order valence-corrected chi connectivity index (χ1v) is 7.22. The monoisotopic (exact) mass is 314 g/mol. The van der Waals surface area contributed by atoms with Gasteiger partial charge in [0, 0.05) is 23.1 Å². The molecule has 0 saturated carbocycles. The largest absolute Gasteiger partial charge is 0.332 e. The molecule has 0 aliphatic carbocycles. The molecule has 0 saturated heterocycles. The van der Waals surface area contributed by atoms with E-state index >= 15 is 0 Å². The number of nitrogens with zero attached hydrogens (tertiary/aromatic N) is 2. The number of fused-ring (bicyclic) bond motifs is 1. The first kappa shape index (κ1) is 14.4. The predicted octanol–water partition coefficient (Wildman–Crippen LogP) is 3.62. The van der Waals surface area contributed by atoms with Gasteiger partial charge in [0.2, 0.25) is 0 Å². The van der Waals surface area contributed by atoms with E-state index in [9.17, 15) is 4.79 Å². The number of benzene rings is 1. The molecule has 0 unspecified atom stereocenters. The standard InChI is InChI=1S/C16H15ClN4O/c1-11-5-6-21-10-14(19-15(21)7-11)9-18-16(22)20-13-4-2-3-12(17)8-13/h2-8,10H,9H2,1H3,(H2,18,20,22). The summed E-state index contributed by atoms with van der Waals surface area (Å²) >= 11 is 5.87. The molecule has 0 aliphatic heterocycles. The molecule has 112 valence electrons. The molecule has 3 rings (SSSR count). The van der Waals surface area contributed by atoms with Gasteiger partial charge in [0.05, 0.1) is 12.2 Å². The van der Waals surface area contributed by atoms with Gasteiger partial charge < -0.3 is 15.0 Å². The Hall–Kier alpha value is -2.53. The van der Waals surface area contributed by atoms with Crippen LogP contribution in [-0.4, -0.2) is 15.4 Å². The number of urea groups is 1. The molecular weight excluding hydrogens is 300 g/mol. The van der Waals surface area contributed by atoms with Gasteiger partial charge in [-0.1, -0.05) is 17.7 Å². The van der Waals surface area contributed by atoms with Gasteiger partial charge in [-0.3, -0.25) is 0 Å². The van der Waals surface area contributed by atoms with Crippen molar-refractivity contribution in [3.8, 4) is 0 Å². The molecule has 2 amide bonds. The van der Waals surface area contributed by atoms with Gasteiger partial charge in [0.1, 0.15) is 5.65 Å². The minimum atomic E-state index is -0.296. The summed E-state index contributed by atoms with van der Waals surface area (Å²) in [5, 5.41) is 6.08. The van der Waals surface area contributed by atoms with E-state index in [0.717, 1.165) is 16.9 Å². The third-order valence-corrected chi connectivity index (χ3v) is 3.41. The quantitative estimate of drug-likeness (QED) is 0.775. The Morgan fingerprint density at radius 2 is 2.18 bits per heavy atom. The van der Waals surface area contributed by atoms with Crippen LogP contribution < -0.4 is 10.6 Å². The second kappa shape index (κ2) is 6.07. The molecule has 5 nitrogen and oxygen atoms in total. The first-order valence-electron chi connectivity index (χ1n) is 6.85. The summed E-state index contributed by atoms with van der Waals surface area (Å²) in [5.41, 5.74) is 3.46. The first-order chi connectivity index (χ1) is 10.6. The van der Waals surface area contributed by atoms with E-state index in [2.05, 4.69) is 15.6 Å². The molecule has 3 aromatic rings. The number of halogens is 1. The SMILES string of the molecule is Cc1ccn2cc(CNC(=O)Nc3cccc(Cl)c3)nc2c1. The van der Waals surface area contributed by atoms with Crippen LogP contribution in [0.15, 0.2) is 48.8 Å². The second-order valence-corrected chi connectivity index (χ2v) is 5.46. The highest BCUT2D eigenvalue weighted by Crippen LogP contribution is 2.14. The van der Waals surface area contributed by atoms with Gasteiger partial charge in [0.25, 0.3) is 0 Å². The van der Waals surface area contributed by atoms with E-state index in [1.807, 2.05) is 35.9 Å². The number of pyridine rings is 1. The van der Waals surface area contributed by atoms with Gasteiger partial charge in [-0.15, -0.1) is 0 Å². The average Bonchev–Trinajstić information content (AvgIpc) is 2.87. The van der Waals surface area contributed by atoms with Gasteiger partial charge in [-0.2, -0.15) is 0 Å².